The number of aromatic nitrogens is 2. The molecule has 5 rings (SSSR count). The maximum absolute atomic E-state index is 9.71. The van der Waals surface area contributed by atoms with Crippen LogP contribution < -0.4 is 10.1 Å². The number of nitrogens with one attached hydrogen (secondary N) is 1. The normalized spacial score (nSPS) is 24.9. The van der Waals surface area contributed by atoms with E-state index in [1.165, 1.54) is 23.2 Å². The van der Waals surface area contributed by atoms with Gasteiger partial charge in [-0.1, -0.05) is 6.07 Å². The Morgan fingerprint density at radius 3 is 2.94 bits per heavy atom. The Kier molecular flexibility index (Phi) is 5.82. The second-order valence-electron chi connectivity index (χ2n) is 8.92. The first-order valence-corrected chi connectivity index (χ1v) is 11.4. The van der Waals surface area contributed by atoms with Crippen LogP contribution in [0.2, 0.25) is 0 Å². The van der Waals surface area contributed by atoms with E-state index in [1.54, 1.807) is 7.11 Å². The van der Waals surface area contributed by atoms with Crippen LogP contribution >= 0.6 is 0 Å². The number of hydrogen-bond donors (Lipinski definition) is 2. The molecule has 3 atom stereocenters. The summed E-state index contributed by atoms with van der Waals surface area (Å²) in [5.74, 6) is 2.56. The fourth-order valence-corrected chi connectivity index (χ4v) is 5.49. The van der Waals surface area contributed by atoms with Gasteiger partial charge in [-0.25, -0.2) is 9.97 Å². The first-order valence-electron chi connectivity index (χ1n) is 11.4. The zero-order valence-electron chi connectivity index (χ0n) is 18.4. The zero-order chi connectivity index (χ0) is 21.4. The third kappa shape index (κ3) is 4.02. The molecule has 1 aromatic heterocycles. The molecule has 0 amide bonds. The highest BCUT2D eigenvalue weighted by Gasteiger charge is 2.42. The van der Waals surface area contributed by atoms with Gasteiger partial charge in [0.25, 0.3) is 0 Å². The van der Waals surface area contributed by atoms with Gasteiger partial charge in [0, 0.05) is 49.3 Å². The van der Waals surface area contributed by atoms with E-state index in [-0.39, 0.29) is 12.7 Å². The molecule has 2 fully saturated rings. The van der Waals surface area contributed by atoms with Gasteiger partial charge in [-0.2, -0.15) is 0 Å². The van der Waals surface area contributed by atoms with Crippen molar-refractivity contribution in [1.29, 1.82) is 0 Å². The molecule has 166 valence electrons. The monoisotopic (exact) mass is 424 g/mol. The molecular formula is C24H32N4O3. The van der Waals surface area contributed by atoms with Crippen LogP contribution in [0.5, 0.6) is 5.75 Å². The van der Waals surface area contributed by atoms with Crippen molar-refractivity contribution in [2.24, 2.45) is 0 Å². The molecular weight excluding hydrogens is 392 g/mol. The van der Waals surface area contributed by atoms with E-state index in [0.717, 1.165) is 68.3 Å². The summed E-state index contributed by atoms with van der Waals surface area (Å²) >= 11 is 0. The number of benzene rings is 1. The van der Waals surface area contributed by atoms with E-state index < -0.39 is 0 Å². The Labute approximate surface area is 183 Å². The summed E-state index contributed by atoms with van der Waals surface area (Å²) in [6.45, 7) is 4.49. The lowest BCUT2D eigenvalue weighted by atomic mass is 9.96. The molecule has 3 unspecified atom stereocenters. The number of aliphatic hydroxyl groups is 1. The van der Waals surface area contributed by atoms with Crippen molar-refractivity contribution < 1.29 is 14.6 Å². The molecule has 2 saturated heterocycles. The second kappa shape index (κ2) is 8.73. The molecule has 2 aromatic rings. The Hall–Kier alpha value is -2.22. The van der Waals surface area contributed by atoms with Gasteiger partial charge in [0.15, 0.2) is 0 Å². The molecule has 7 nitrogen and oxygen atoms in total. The van der Waals surface area contributed by atoms with Crippen LogP contribution in [0, 0.1) is 6.92 Å². The van der Waals surface area contributed by atoms with E-state index in [9.17, 15) is 5.11 Å². The van der Waals surface area contributed by atoms with E-state index >= 15 is 0 Å². The summed E-state index contributed by atoms with van der Waals surface area (Å²) in [7, 11) is 1.64. The van der Waals surface area contributed by atoms with E-state index in [4.69, 9.17) is 19.4 Å². The summed E-state index contributed by atoms with van der Waals surface area (Å²) in [6.07, 6.45) is 5.80. The van der Waals surface area contributed by atoms with Crippen molar-refractivity contribution in [3.8, 4) is 5.75 Å². The lowest BCUT2D eigenvalue weighted by molar-refractivity contribution is 0.120. The predicted octanol–water partition coefficient (Wildman–Crippen LogP) is 3.14. The minimum absolute atomic E-state index is 0.0167. The van der Waals surface area contributed by atoms with Gasteiger partial charge in [0.1, 0.15) is 17.4 Å². The number of nitrogens with zero attached hydrogens (tertiary/aromatic N) is 3. The lowest BCUT2D eigenvalue weighted by Crippen LogP contribution is -2.38. The smallest absolute Gasteiger partial charge is 0.134 e. The van der Waals surface area contributed by atoms with Crippen molar-refractivity contribution in [2.75, 3.05) is 25.6 Å². The zero-order valence-corrected chi connectivity index (χ0v) is 18.4. The van der Waals surface area contributed by atoms with Crippen molar-refractivity contribution >= 4 is 5.82 Å². The summed E-state index contributed by atoms with van der Waals surface area (Å²) in [5.41, 5.74) is 4.51. The molecule has 0 radical (unpaired) electrons. The molecule has 7 heteroatoms. The fraction of sp³-hybridized carbons (Fsp3) is 0.583. The van der Waals surface area contributed by atoms with Gasteiger partial charge >= 0.3 is 0 Å². The van der Waals surface area contributed by atoms with Crippen LogP contribution in [-0.2, 0) is 24.3 Å². The summed E-state index contributed by atoms with van der Waals surface area (Å²) < 4.78 is 11.2. The number of methoxy groups -OCH3 is 1. The molecule has 3 aliphatic rings. The highest BCUT2D eigenvalue weighted by molar-refractivity contribution is 5.51. The van der Waals surface area contributed by atoms with Crippen molar-refractivity contribution in [1.82, 2.24) is 14.9 Å². The number of fused-ring (bicyclic) bond motifs is 4. The maximum atomic E-state index is 9.71. The standard InChI is InChI=1S/C24H32N4O3/c1-15-26-20-11-18-6-7-21(23(20)24(27-15)25-12-19-4-3-9-31-19)28(18)13-16-5-8-22(30-2)17(10-16)14-29/h5,8,10,18-19,21,29H,3-4,6-7,9,11-14H2,1-2H3,(H,25,26,27). The van der Waals surface area contributed by atoms with Gasteiger partial charge in [-0.05, 0) is 50.3 Å². The number of rotatable bonds is 7. The van der Waals surface area contributed by atoms with Crippen LogP contribution in [0.15, 0.2) is 18.2 Å². The molecule has 1 aromatic carbocycles. The SMILES string of the molecule is COc1ccc(CN2C3CCC2c2c(nc(C)nc2NCC2CCCO2)C3)cc1CO. The third-order valence-corrected chi connectivity index (χ3v) is 6.94. The first-order chi connectivity index (χ1) is 15.2. The van der Waals surface area contributed by atoms with Crippen LogP contribution in [0.25, 0.3) is 0 Å². The minimum Gasteiger partial charge on any atom is -0.496 e. The van der Waals surface area contributed by atoms with Gasteiger partial charge in [0.05, 0.1) is 25.5 Å². The van der Waals surface area contributed by atoms with E-state index in [0.29, 0.717) is 12.1 Å². The summed E-state index contributed by atoms with van der Waals surface area (Å²) in [6, 6.07) is 6.95. The molecule has 31 heavy (non-hydrogen) atoms. The second-order valence-corrected chi connectivity index (χ2v) is 8.92. The average molecular weight is 425 g/mol. The average Bonchev–Trinajstić information content (AvgIpc) is 3.38. The van der Waals surface area contributed by atoms with Gasteiger partial charge in [0.2, 0.25) is 0 Å². The highest BCUT2D eigenvalue weighted by Crippen LogP contribution is 2.46. The maximum Gasteiger partial charge on any atom is 0.134 e. The Morgan fingerprint density at radius 2 is 2.16 bits per heavy atom. The Balaban J connectivity index is 1.40. The van der Waals surface area contributed by atoms with Crippen LogP contribution in [0.3, 0.4) is 0 Å². The van der Waals surface area contributed by atoms with Crippen molar-refractivity contribution in [2.45, 2.75) is 70.4 Å². The number of ether oxygens (including phenoxy) is 2. The van der Waals surface area contributed by atoms with Crippen LogP contribution in [-0.4, -0.2) is 52.4 Å². The number of hydrogen-bond acceptors (Lipinski definition) is 7. The van der Waals surface area contributed by atoms with Gasteiger partial charge in [-0.15, -0.1) is 0 Å². The van der Waals surface area contributed by atoms with E-state index in [1.807, 2.05) is 13.0 Å². The van der Waals surface area contributed by atoms with Crippen molar-refractivity contribution in [3.63, 3.8) is 0 Å². The number of anilines is 1. The quantitative estimate of drug-likeness (QED) is 0.707. The number of aryl methyl sites for hydroxylation is 1. The number of aliphatic hydroxyl groups excluding tert-OH is 1. The van der Waals surface area contributed by atoms with Crippen LogP contribution in [0.4, 0.5) is 5.82 Å². The molecule has 4 heterocycles. The summed E-state index contributed by atoms with van der Waals surface area (Å²) in [5, 5.41) is 13.3. The molecule has 2 bridgehead atoms. The molecule has 2 N–H and O–H groups in total. The predicted molar refractivity (Wildman–Crippen MR) is 118 cm³/mol. The third-order valence-electron chi connectivity index (χ3n) is 6.94. The molecule has 0 aliphatic carbocycles. The lowest BCUT2D eigenvalue weighted by Gasteiger charge is -2.37. The van der Waals surface area contributed by atoms with Crippen LogP contribution in [0.1, 0.15) is 59.9 Å². The molecule has 0 saturated carbocycles. The van der Waals surface area contributed by atoms with Crippen molar-refractivity contribution in [3.05, 3.63) is 46.4 Å². The summed E-state index contributed by atoms with van der Waals surface area (Å²) in [4.78, 5) is 12.2. The minimum atomic E-state index is -0.0167. The fourth-order valence-electron chi connectivity index (χ4n) is 5.49. The largest absolute Gasteiger partial charge is 0.496 e. The van der Waals surface area contributed by atoms with Gasteiger partial charge in [-0.3, -0.25) is 4.90 Å². The Morgan fingerprint density at radius 1 is 1.26 bits per heavy atom. The molecule has 0 spiro atoms. The first kappa shape index (κ1) is 20.7. The Bertz CT molecular complexity index is 945. The molecule has 3 aliphatic heterocycles. The topological polar surface area (TPSA) is 79.7 Å². The highest BCUT2D eigenvalue weighted by atomic mass is 16.5. The van der Waals surface area contributed by atoms with E-state index in [2.05, 4.69) is 22.3 Å². The van der Waals surface area contributed by atoms with Gasteiger partial charge < -0.3 is 19.9 Å².